The van der Waals surface area contributed by atoms with Crippen LogP contribution in [0.1, 0.15) is 70.2 Å². The number of aliphatic imine (C=N–C) groups is 1. The number of amides is 2. The molecule has 37 heavy (non-hydrogen) atoms. The van der Waals surface area contributed by atoms with E-state index in [0.717, 1.165) is 16.9 Å². The highest BCUT2D eigenvalue weighted by Crippen LogP contribution is 2.51. The van der Waals surface area contributed by atoms with Gasteiger partial charge in [-0.3, -0.25) is 14.5 Å². The number of fused-ring (bicyclic) bond motifs is 1. The number of ether oxygens (including phenoxy) is 2. The molecule has 3 heterocycles. The van der Waals surface area contributed by atoms with Crippen LogP contribution in [-0.4, -0.2) is 45.9 Å². The first-order valence-electron chi connectivity index (χ1n) is 12.7. The molecule has 2 aromatic rings. The van der Waals surface area contributed by atoms with Crippen molar-refractivity contribution in [3.05, 3.63) is 53.7 Å². The van der Waals surface area contributed by atoms with E-state index in [4.69, 9.17) is 15.2 Å². The molecule has 5 rings (SSSR count). The lowest BCUT2D eigenvalue weighted by Gasteiger charge is -2.38. The topological polar surface area (TPSA) is 119 Å². The Balaban J connectivity index is 1.41. The number of nitrogens with one attached hydrogen (secondary N) is 1. The van der Waals surface area contributed by atoms with Crippen LogP contribution in [0.3, 0.4) is 0 Å². The smallest absolute Gasteiger partial charge is 0.232 e. The van der Waals surface area contributed by atoms with Gasteiger partial charge < -0.3 is 20.5 Å². The van der Waals surface area contributed by atoms with Crippen molar-refractivity contribution < 1.29 is 19.1 Å². The number of para-hydroxylation sites is 1. The first-order valence-corrected chi connectivity index (χ1v) is 12.7. The lowest BCUT2D eigenvalue weighted by molar-refractivity contribution is -0.132. The first kappa shape index (κ1) is 25.0. The van der Waals surface area contributed by atoms with Gasteiger partial charge in [-0.25, -0.2) is 9.98 Å². The second kappa shape index (κ2) is 9.04. The van der Waals surface area contributed by atoms with Crippen LogP contribution < -0.4 is 20.5 Å². The molecule has 0 unspecified atom stereocenters. The Morgan fingerprint density at radius 3 is 2.65 bits per heavy atom. The minimum Gasteiger partial charge on any atom is -0.487 e. The molecule has 2 aliphatic heterocycles. The molecule has 4 atom stereocenters. The van der Waals surface area contributed by atoms with Crippen LogP contribution in [0.5, 0.6) is 11.6 Å². The summed E-state index contributed by atoms with van der Waals surface area (Å²) >= 11 is 0. The molecule has 0 spiro atoms. The normalized spacial score (nSPS) is 26.3. The van der Waals surface area contributed by atoms with Gasteiger partial charge in [0, 0.05) is 30.2 Å². The third kappa shape index (κ3) is 4.99. The number of carbonyl (C=O) groups excluding carboxylic acids is 2. The second-order valence-corrected chi connectivity index (χ2v) is 11.5. The molecule has 196 valence electrons. The first-order chi connectivity index (χ1) is 17.5. The molecule has 2 amide bonds. The largest absolute Gasteiger partial charge is 0.487 e. The summed E-state index contributed by atoms with van der Waals surface area (Å²) in [5.74, 6) is 0.926. The number of benzene rings is 1. The fraction of sp³-hybridized carbons (Fsp3) is 0.500. The van der Waals surface area contributed by atoms with E-state index in [1.54, 1.807) is 24.3 Å². The molecule has 1 fully saturated rings. The van der Waals surface area contributed by atoms with E-state index in [0.29, 0.717) is 18.7 Å². The zero-order valence-electron chi connectivity index (χ0n) is 22.0. The molecular formula is C28H35N5O4. The number of nitrogens with two attached hydrogens (primary N) is 1. The average molecular weight is 506 g/mol. The van der Waals surface area contributed by atoms with Crippen LogP contribution in [0.2, 0.25) is 0 Å². The van der Waals surface area contributed by atoms with Gasteiger partial charge in [0.05, 0.1) is 31.2 Å². The average Bonchev–Trinajstić information content (AvgIpc) is 3.61. The summed E-state index contributed by atoms with van der Waals surface area (Å²) in [7, 11) is 1.55. The number of hydrogen-bond donors (Lipinski definition) is 2. The van der Waals surface area contributed by atoms with Gasteiger partial charge >= 0.3 is 0 Å². The van der Waals surface area contributed by atoms with Gasteiger partial charge in [-0.05, 0) is 51.7 Å². The lowest BCUT2D eigenvalue weighted by Crippen LogP contribution is -2.52. The van der Waals surface area contributed by atoms with Gasteiger partial charge in [0.1, 0.15) is 11.4 Å². The third-order valence-electron chi connectivity index (χ3n) is 7.38. The van der Waals surface area contributed by atoms with Gasteiger partial charge in [0.2, 0.25) is 17.7 Å². The maximum atomic E-state index is 13.5. The Labute approximate surface area is 217 Å². The number of carbonyl (C=O) groups is 2. The van der Waals surface area contributed by atoms with Gasteiger partial charge in [-0.15, -0.1) is 0 Å². The predicted molar refractivity (Wildman–Crippen MR) is 139 cm³/mol. The van der Waals surface area contributed by atoms with Crippen molar-refractivity contribution in [2.24, 2.45) is 22.6 Å². The fourth-order valence-electron chi connectivity index (χ4n) is 5.63. The summed E-state index contributed by atoms with van der Waals surface area (Å²) in [5, 5.41) is 3.27. The summed E-state index contributed by atoms with van der Waals surface area (Å²) in [6.07, 6.45) is 3.23. The predicted octanol–water partition coefficient (Wildman–Crippen LogP) is 3.51. The van der Waals surface area contributed by atoms with E-state index in [2.05, 4.69) is 15.3 Å². The van der Waals surface area contributed by atoms with E-state index < -0.39 is 17.2 Å². The second-order valence-electron chi connectivity index (χ2n) is 11.5. The van der Waals surface area contributed by atoms with Crippen molar-refractivity contribution in [1.29, 1.82) is 0 Å². The highest BCUT2D eigenvalue weighted by atomic mass is 16.5. The van der Waals surface area contributed by atoms with Crippen LogP contribution in [0.25, 0.3) is 0 Å². The molecule has 1 aromatic carbocycles. The summed E-state index contributed by atoms with van der Waals surface area (Å²) in [4.78, 5) is 37.3. The maximum Gasteiger partial charge on any atom is 0.232 e. The van der Waals surface area contributed by atoms with Gasteiger partial charge in [-0.2, -0.15) is 0 Å². The molecule has 3 N–H and O–H groups in total. The summed E-state index contributed by atoms with van der Waals surface area (Å²) < 4.78 is 11.3. The Bertz CT molecular complexity index is 1240. The Kier molecular flexibility index (Phi) is 6.12. The highest BCUT2D eigenvalue weighted by molar-refractivity contribution is 5.99. The van der Waals surface area contributed by atoms with Crippen molar-refractivity contribution in [2.45, 2.75) is 70.2 Å². The Hall–Kier alpha value is -3.62. The van der Waals surface area contributed by atoms with Crippen LogP contribution in [0.15, 0.2) is 47.6 Å². The van der Waals surface area contributed by atoms with E-state index in [1.165, 1.54) is 0 Å². The van der Waals surface area contributed by atoms with Gasteiger partial charge in [-0.1, -0.05) is 24.3 Å². The fourth-order valence-corrected chi connectivity index (χ4v) is 5.63. The summed E-state index contributed by atoms with van der Waals surface area (Å²) in [6.45, 7) is 7.83. The number of guanidine groups is 1. The zero-order valence-corrected chi connectivity index (χ0v) is 22.0. The number of nitrogens with zero attached hydrogens (tertiary/aromatic N) is 3. The number of rotatable bonds is 6. The van der Waals surface area contributed by atoms with E-state index in [1.807, 2.05) is 58.0 Å². The SMILES string of the molecule is COc1ccc([C@H]([C@H]2C[C@@H]2C(=O)N[C@H]2CC(C)(C)Oc3ccccc32)N2C(=O)CC(C)(C)N=C2N)cn1. The van der Waals surface area contributed by atoms with Crippen molar-refractivity contribution >= 4 is 17.8 Å². The minimum absolute atomic E-state index is 0.0331. The molecule has 0 radical (unpaired) electrons. The molecule has 0 saturated heterocycles. The maximum absolute atomic E-state index is 13.5. The minimum atomic E-state index is -0.566. The standard InChI is InChI=1S/C28H35N5O4/c1-27(2)14-23(34)33(26(29)32-27)24(16-10-11-22(36-5)30-15-16)18-12-19(18)25(35)31-20-13-28(3,4)37-21-9-7-6-8-17(20)21/h6-11,15,18-20,24H,12-14H2,1-5H3,(H2,29,32)(H,31,35)/t18-,19-,20-,24+/m0/s1. The van der Waals surface area contributed by atoms with E-state index >= 15 is 0 Å². The Morgan fingerprint density at radius 2 is 1.97 bits per heavy atom. The number of pyridine rings is 1. The molecule has 9 nitrogen and oxygen atoms in total. The molecule has 1 aromatic heterocycles. The molecule has 1 aliphatic carbocycles. The number of methoxy groups -OCH3 is 1. The number of hydrogen-bond acceptors (Lipinski definition) is 7. The number of aromatic nitrogens is 1. The van der Waals surface area contributed by atoms with Crippen LogP contribution in [0.4, 0.5) is 0 Å². The van der Waals surface area contributed by atoms with Gasteiger partial charge in [0.25, 0.3) is 0 Å². The van der Waals surface area contributed by atoms with Crippen LogP contribution in [0, 0.1) is 11.8 Å². The van der Waals surface area contributed by atoms with Crippen molar-refractivity contribution in [3.8, 4) is 11.6 Å². The molecule has 1 saturated carbocycles. The monoisotopic (exact) mass is 505 g/mol. The van der Waals surface area contributed by atoms with Crippen LogP contribution >= 0.6 is 0 Å². The molecular weight excluding hydrogens is 470 g/mol. The Morgan fingerprint density at radius 1 is 1.22 bits per heavy atom. The van der Waals surface area contributed by atoms with E-state index in [9.17, 15) is 9.59 Å². The van der Waals surface area contributed by atoms with Crippen molar-refractivity contribution in [1.82, 2.24) is 15.2 Å². The summed E-state index contributed by atoms with van der Waals surface area (Å²) in [5.41, 5.74) is 7.17. The molecule has 3 aliphatic rings. The summed E-state index contributed by atoms with van der Waals surface area (Å²) in [6, 6.07) is 10.9. The van der Waals surface area contributed by atoms with Crippen molar-refractivity contribution in [2.75, 3.05) is 7.11 Å². The van der Waals surface area contributed by atoms with Crippen LogP contribution in [-0.2, 0) is 9.59 Å². The van der Waals surface area contributed by atoms with Crippen molar-refractivity contribution in [3.63, 3.8) is 0 Å². The van der Waals surface area contributed by atoms with E-state index in [-0.39, 0.29) is 42.1 Å². The highest BCUT2D eigenvalue weighted by Gasteiger charge is 2.53. The lowest BCUT2D eigenvalue weighted by atomic mass is 9.89. The third-order valence-corrected chi connectivity index (χ3v) is 7.38. The quantitative estimate of drug-likeness (QED) is 0.620. The molecule has 9 heteroatoms. The molecule has 0 bridgehead atoms. The zero-order chi connectivity index (χ0) is 26.5. The van der Waals surface area contributed by atoms with Gasteiger partial charge in [0.15, 0.2) is 5.96 Å².